The first-order valence-corrected chi connectivity index (χ1v) is 10.7. The van der Waals surface area contributed by atoms with Gasteiger partial charge in [-0.3, -0.25) is 4.79 Å². The van der Waals surface area contributed by atoms with Crippen molar-refractivity contribution in [2.24, 2.45) is 0 Å². The minimum atomic E-state index is 0.0366. The molecule has 0 bridgehead atoms. The van der Waals surface area contributed by atoms with Crippen molar-refractivity contribution in [3.05, 3.63) is 89.6 Å². The van der Waals surface area contributed by atoms with Gasteiger partial charge in [-0.15, -0.1) is 0 Å². The standard InChI is InChI=1S/C25H21ClN4O/c26-19-10-8-18(9-11-19)23-17-21(20-5-1-2-6-22(20)28-23)25(31)30-15-13-29(14-16-30)24-7-3-4-12-27-24/h1-12,17H,13-16H2. The molecule has 154 valence electrons. The van der Waals surface area contributed by atoms with E-state index in [2.05, 4.69) is 9.88 Å². The van der Waals surface area contributed by atoms with Crippen LogP contribution in [0.15, 0.2) is 79.0 Å². The van der Waals surface area contributed by atoms with E-state index in [1.54, 1.807) is 6.20 Å². The molecule has 31 heavy (non-hydrogen) atoms. The first-order chi connectivity index (χ1) is 15.2. The van der Waals surface area contributed by atoms with Gasteiger partial charge in [-0.2, -0.15) is 0 Å². The zero-order chi connectivity index (χ0) is 21.2. The molecule has 2 aromatic heterocycles. The van der Waals surface area contributed by atoms with E-state index in [-0.39, 0.29) is 5.91 Å². The van der Waals surface area contributed by atoms with Crippen molar-refractivity contribution < 1.29 is 4.79 Å². The molecule has 0 spiro atoms. The van der Waals surface area contributed by atoms with E-state index in [1.807, 2.05) is 77.7 Å². The van der Waals surface area contributed by atoms with E-state index < -0.39 is 0 Å². The average Bonchev–Trinajstić information content (AvgIpc) is 2.84. The fourth-order valence-corrected chi connectivity index (χ4v) is 4.10. The molecule has 0 unspecified atom stereocenters. The van der Waals surface area contributed by atoms with Crippen LogP contribution in [0, 0.1) is 0 Å². The van der Waals surface area contributed by atoms with Gasteiger partial charge in [-0.05, 0) is 36.4 Å². The highest BCUT2D eigenvalue weighted by Crippen LogP contribution is 2.27. The van der Waals surface area contributed by atoms with Crippen molar-refractivity contribution >= 4 is 34.2 Å². The lowest BCUT2D eigenvalue weighted by Gasteiger charge is -2.35. The summed E-state index contributed by atoms with van der Waals surface area (Å²) in [6, 6.07) is 23.2. The number of amides is 1. The number of carbonyl (C=O) groups is 1. The Bertz CT molecular complexity index is 1220. The summed E-state index contributed by atoms with van der Waals surface area (Å²) in [6.45, 7) is 2.83. The van der Waals surface area contributed by atoms with Crippen LogP contribution in [-0.4, -0.2) is 47.0 Å². The molecule has 4 aromatic rings. The molecule has 6 heteroatoms. The third-order valence-electron chi connectivity index (χ3n) is 5.63. The summed E-state index contributed by atoms with van der Waals surface area (Å²) >= 11 is 6.04. The summed E-state index contributed by atoms with van der Waals surface area (Å²) in [7, 11) is 0. The summed E-state index contributed by atoms with van der Waals surface area (Å²) in [6.07, 6.45) is 1.80. The Morgan fingerprint density at radius 3 is 2.35 bits per heavy atom. The first-order valence-electron chi connectivity index (χ1n) is 10.3. The predicted molar refractivity (Wildman–Crippen MR) is 125 cm³/mol. The maximum Gasteiger partial charge on any atom is 0.254 e. The SMILES string of the molecule is O=C(c1cc(-c2ccc(Cl)cc2)nc2ccccc12)N1CCN(c2ccccn2)CC1. The third kappa shape index (κ3) is 3.97. The number of benzene rings is 2. The number of fused-ring (bicyclic) bond motifs is 1. The molecule has 1 aliphatic heterocycles. The number of hydrogen-bond acceptors (Lipinski definition) is 4. The molecule has 0 radical (unpaired) electrons. The fourth-order valence-electron chi connectivity index (χ4n) is 3.97. The topological polar surface area (TPSA) is 49.3 Å². The van der Waals surface area contributed by atoms with E-state index >= 15 is 0 Å². The second-order valence-corrected chi connectivity index (χ2v) is 7.98. The van der Waals surface area contributed by atoms with Gasteiger partial charge in [0.25, 0.3) is 5.91 Å². The number of halogens is 1. The van der Waals surface area contributed by atoms with Gasteiger partial charge in [0.05, 0.1) is 16.8 Å². The van der Waals surface area contributed by atoms with Gasteiger partial charge in [-0.25, -0.2) is 9.97 Å². The zero-order valence-corrected chi connectivity index (χ0v) is 17.7. The van der Waals surface area contributed by atoms with Crippen molar-refractivity contribution in [1.82, 2.24) is 14.9 Å². The van der Waals surface area contributed by atoms with Gasteiger partial charge in [0.2, 0.25) is 0 Å². The second kappa shape index (κ2) is 8.36. The fraction of sp³-hybridized carbons (Fsp3) is 0.160. The van der Waals surface area contributed by atoms with Crippen LogP contribution in [0.4, 0.5) is 5.82 Å². The van der Waals surface area contributed by atoms with E-state index in [9.17, 15) is 4.79 Å². The first kappa shape index (κ1) is 19.5. The Morgan fingerprint density at radius 1 is 0.871 bits per heavy atom. The molecule has 1 amide bonds. The Labute approximate surface area is 185 Å². The molecule has 3 heterocycles. The average molecular weight is 429 g/mol. The van der Waals surface area contributed by atoms with E-state index in [0.717, 1.165) is 41.1 Å². The number of pyridine rings is 2. The van der Waals surface area contributed by atoms with Crippen molar-refractivity contribution in [2.75, 3.05) is 31.1 Å². The Hall–Kier alpha value is -3.44. The van der Waals surface area contributed by atoms with Crippen molar-refractivity contribution in [3.8, 4) is 11.3 Å². The number of nitrogens with zero attached hydrogens (tertiary/aromatic N) is 4. The van der Waals surface area contributed by atoms with Crippen molar-refractivity contribution in [2.45, 2.75) is 0 Å². The number of anilines is 1. The summed E-state index contributed by atoms with van der Waals surface area (Å²) < 4.78 is 0. The lowest BCUT2D eigenvalue weighted by atomic mass is 10.0. The van der Waals surface area contributed by atoms with Crippen LogP contribution >= 0.6 is 11.6 Å². The molecule has 1 saturated heterocycles. The van der Waals surface area contributed by atoms with Gasteiger partial charge >= 0.3 is 0 Å². The predicted octanol–water partition coefficient (Wildman–Crippen LogP) is 4.91. The largest absolute Gasteiger partial charge is 0.353 e. The molecule has 0 atom stereocenters. The van der Waals surface area contributed by atoms with Crippen LogP contribution < -0.4 is 4.90 Å². The summed E-state index contributed by atoms with van der Waals surface area (Å²) in [5.74, 6) is 0.989. The number of hydrogen-bond donors (Lipinski definition) is 0. The molecule has 5 nitrogen and oxygen atoms in total. The number of para-hydroxylation sites is 1. The molecule has 5 rings (SSSR count). The summed E-state index contributed by atoms with van der Waals surface area (Å²) in [5.41, 5.74) is 3.20. The van der Waals surface area contributed by atoms with Gasteiger partial charge in [0, 0.05) is 48.3 Å². The quantitative estimate of drug-likeness (QED) is 0.465. The Balaban J connectivity index is 1.45. The lowest BCUT2D eigenvalue weighted by Crippen LogP contribution is -2.49. The summed E-state index contributed by atoms with van der Waals surface area (Å²) in [5, 5.41) is 1.55. The van der Waals surface area contributed by atoms with Gasteiger partial charge < -0.3 is 9.80 Å². The molecule has 2 aromatic carbocycles. The third-order valence-corrected chi connectivity index (χ3v) is 5.88. The maximum atomic E-state index is 13.5. The van der Waals surface area contributed by atoms with Crippen molar-refractivity contribution in [3.63, 3.8) is 0 Å². The van der Waals surface area contributed by atoms with Crippen LogP contribution in [0.5, 0.6) is 0 Å². The zero-order valence-electron chi connectivity index (χ0n) is 16.9. The molecule has 0 aliphatic carbocycles. The highest BCUT2D eigenvalue weighted by atomic mass is 35.5. The number of piperazine rings is 1. The molecule has 1 aliphatic rings. The Morgan fingerprint density at radius 2 is 1.61 bits per heavy atom. The van der Waals surface area contributed by atoms with Gasteiger partial charge in [0.1, 0.15) is 5.82 Å². The Kier molecular flexibility index (Phi) is 5.26. The number of carbonyl (C=O) groups excluding carboxylic acids is 1. The molecule has 0 N–H and O–H groups in total. The lowest BCUT2D eigenvalue weighted by molar-refractivity contribution is 0.0748. The highest BCUT2D eigenvalue weighted by molar-refractivity contribution is 6.30. The maximum absolute atomic E-state index is 13.5. The van der Waals surface area contributed by atoms with Crippen LogP contribution in [-0.2, 0) is 0 Å². The number of rotatable bonds is 3. The van der Waals surface area contributed by atoms with E-state index in [1.165, 1.54) is 0 Å². The van der Waals surface area contributed by atoms with Gasteiger partial charge in [0.15, 0.2) is 0 Å². The summed E-state index contributed by atoms with van der Waals surface area (Å²) in [4.78, 5) is 26.9. The van der Waals surface area contributed by atoms with Crippen LogP contribution in [0.1, 0.15) is 10.4 Å². The van der Waals surface area contributed by atoms with Crippen LogP contribution in [0.3, 0.4) is 0 Å². The second-order valence-electron chi connectivity index (χ2n) is 7.55. The molecular formula is C25H21ClN4O. The smallest absolute Gasteiger partial charge is 0.254 e. The van der Waals surface area contributed by atoms with E-state index in [4.69, 9.17) is 16.6 Å². The molecule has 0 saturated carbocycles. The molecule has 1 fully saturated rings. The van der Waals surface area contributed by atoms with Crippen LogP contribution in [0.25, 0.3) is 22.2 Å². The number of aromatic nitrogens is 2. The van der Waals surface area contributed by atoms with Crippen molar-refractivity contribution in [1.29, 1.82) is 0 Å². The van der Waals surface area contributed by atoms with Crippen LogP contribution in [0.2, 0.25) is 5.02 Å². The normalized spacial score (nSPS) is 14.1. The minimum Gasteiger partial charge on any atom is -0.353 e. The van der Waals surface area contributed by atoms with E-state index in [0.29, 0.717) is 23.7 Å². The van der Waals surface area contributed by atoms with Gasteiger partial charge in [-0.1, -0.05) is 48.0 Å². The highest BCUT2D eigenvalue weighted by Gasteiger charge is 2.24. The monoisotopic (exact) mass is 428 g/mol. The molecular weight excluding hydrogens is 408 g/mol. The minimum absolute atomic E-state index is 0.0366.